The molecule has 0 saturated heterocycles. The zero-order valence-electron chi connectivity index (χ0n) is 10.9. The summed E-state index contributed by atoms with van der Waals surface area (Å²) in [6, 6.07) is 6.53. The Morgan fingerprint density at radius 1 is 1.05 bits per heavy atom. The smallest absolute Gasteiger partial charge is 0.336 e. The van der Waals surface area contributed by atoms with Crippen LogP contribution in [-0.4, -0.2) is 25.7 Å². The third kappa shape index (κ3) is 5.72. The number of carbonyl (C=O) groups is 2. The predicted octanol–water partition coefficient (Wildman–Crippen LogP) is 2.11. The molecule has 0 N–H and O–H groups in total. The molecule has 19 heavy (non-hydrogen) atoms. The minimum absolute atomic E-state index is 0.330. The number of esters is 2. The lowest BCUT2D eigenvalue weighted by Crippen LogP contribution is -2.06. The van der Waals surface area contributed by atoms with Gasteiger partial charge in [0.05, 0.1) is 13.7 Å². The summed E-state index contributed by atoms with van der Waals surface area (Å²) in [7, 11) is 1.55. The fraction of sp³-hybridized carbons (Fsp3) is 0.286. The summed E-state index contributed by atoms with van der Waals surface area (Å²) in [5.41, 5.74) is 0. The highest BCUT2D eigenvalue weighted by Crippen LogP contribution is 2.17. The van der Waals surface area contributed by atoms with E-state index >= 15 is 0 Å². The Balaban J connectivity index is 2.45. The van der Waals surface area contributed by atoms with Crippen molar-refractivity contribution < 1.29 is 23.8 Å². The van der Waals surface area contributed by atoms with Gasteiger partial charge in [0.2, 0.25) is 0 Å². The van der Waals surface area contributed by atoms with Crippen LogP contribution in [0.1, 0.15) is 13.3 Å². The number of benzene rings is 1. The van der Waals surface area contributed by atoms with Gasteiger partial charge in [-0.05, 0) is 30.7 Å². The van der Waals surface area contributed by atoms with Crippen molar-refractivity contribution in [3.63, 3.8) is 0 Å². The number of methoxy groups -OCH3 is 1. The maximum absolute atomic E-state index is 11.4. The molecule has 102 valence electrons. The minimum atomic E-state index is -0.640. The number of carbonyl (C=O) groups excluding carboxylic acids is 2. The van der Waals surface area contributed by atoms with E-state index in [2.05, 4.69) is 0 Å². The van der Waals surface area contributed by atoms with E-state index in [0.29, 0.717) is 18.1 Å². The summed E-state index contributed by atoms with van der Waals surface area (Å²) >= 11 is 0. The number of hydrogen-bond acceptors (Lipinski definition) is 5. The fourth-order valence-electron chi connectivity index (χ4n) is 1.18. The van der Waals surface area contributed by atoms with E-state index in [9.17, 15) is 9.59 Å². The van der Waals surface area contributed by atoms with Crippen LogP contribution in [0.25, 0.3) is 0 Å². The summed E-state index contributed by atoms with van der Waals surface area (Å²) in [6.45, 7) is 2.21. The van der Waals surface area contributed by atoms with E-state index in [4.69, 9.17) is 14.2 Å². The maximum Gasteiger partial charge on any atom is 0.336 e. The first kappa shape index (κ1) is 14.8. The Hall–Kier alpha value is -2.30. The molecule has 0 aromatic heterocycles. The zero-order valence-corrected chi connectivity index (χ0v) is 10.9. The number of rotatable bonds is 6. The van der Waals surface area contributed by atoms with Crippen LogP contribution in [0, 0.1) is 0 Å². The monoisotopic (exact) mass is 264 g/mol. The van der Waals surface area contributed by atoms with Crippen molar-refractivity contribution in [3.8, 4) is 11.5 Å². The van der Waals surface area contributed by atoms with Crippen molar-refractivity contribution in [3.05, 3.63) is 36.4 Å². The van der Waals surface area contributed by atoms with Gasteiger partial charge in [-0.15, -0.1) is 0 Å². The standard InChI is InChI=1S/C14H16O5/c1-3-10-18-13(15)8-9-14(16)19-12-6-4-11(17-2)5-7-12/h4-9H,3,10H2,1-2H3/b9-8+. The molecule has 0 heterocycles. The van der Waals surface area contributed by atoms with Gasteiger partial charge in [-0.3, -0.25) is 0 Å². The molecule has 0 bridgehead atoms. The highest BCUT2D eigenvalue weighted by Gasteiger charge is 2.02. The second-order valence-electron chi connectivity index (χ2n) is 3.60. The van der Waals surface area contributed by atoms with Gasteiger partial charge in [-0.1, -0.05) is 6.92 Å². The van der Waals surface area contributed by atoms with Gasteiger partial charge in [0.25, 0.3) is 0 Å². The average molecular weight is 264 g/mol. The van der Waals surface area contributed by atoms with Crippen molar-refractivity contribution in [2.24, 2.45) is 0 Å². The molecule has 1 aromatic rings. The van der Waals surface area contributed by atoms with E-state index in [1.54, 1.807) is 31.4 Å². The van der Waals surface area contributed by atoms with Crippen molar-refractivity contribution in [2.75, 3.05) is 13.7 Å². The fourth-order valence-corrected chi connectivity index (χ4v) is 1.18. The molecule has 0 aliphatic carbocycles. The summed E-state index contributed by atoms with van der Waals surface area (Å²) in [5.74, 6) is -0.164. The summed E-state index contributed by atoms with van der Waals surface area (Å²) in [5, 5.41) is 0. The van der Waals surface area contributed by atoms with Gasteiger partial charge in [0, 0.05) is 12.2 Å². The first-order chi connectivity index (χ1) is 9.15. The normalized spacial score (nSPS) is 10.2. The van der Waals surface area contributed by atoms with E-state index < -0.39 is 11.9 Å². The molecule has 1 aromatic carbocycles. The summed E-state index contributed by atoms with van der Waals surface area (Å²) < 4.78 is 14.7. The van der Waals surface area contributed by atoms with Crippen LogP contribution >= 0.6 is 0 Å². The third-order valence-electron chi connectivity index (χ3n) is 2.08. The Kier molecular flexibility index (Phi) is 6.15. The van der Waals surface area contributed by atoms with Crippen LogP contribution in [0.4, 0.5) is 0 Å². The predicted molar refractivity (Wildman–Crippen MR) is 69.0 cm³/mol. The lowest BCUT2D eigenvalue weighted by molar-refractivity contribution is -0.138. The molecule has 5 heteroatoms. The van der Waals surface area contributed by atoms with Gasteiger partial charge >= 0.3 is 11.9 Å². The van der Waals surface area contributed by atoms with Crippen molar-refractivity contribution in [1.29, 1.82) is 0 Å². The largest absolute Gasteiger partial charge is 0.497 e. The van der Waals surface area contributed by atoms with Crippen molar-refractivity contribution in [2.45, 2.75) is 13.3 Å². The molecule has 0 fully saturated rings. The van der Waals surface area contributed by atoms with Crippen LogP contribution in [0.15, 0.2) is 36.4 Å². The van der Waals surface area contributed by atoms with E-state index in [1.165, 1.54) is 0 Å². The van der Waals surface area contributed by atoms with Crippen molar-refractivity contribution >= 4 is 11.9 Å². The van der Waals surface area contributed by atoms with E-state index in [1.807, 2.05) is 6.92 Å². The molecule has 0 aliphatic rings. The molecule has 0 amide bonds. The maximum atomic E-state index is 11.4. The highest BCUT2D eigenvalue weighted by molar-refractivity contribution is 5.92. The second kappa shape index (κ2) is 7.92. The quantitative estimate of drug-likeness (QED) is 0.447. The first-order valence-corrected chi connectivity index (χ1v) is 5.86. The molecular weight excluding hydrogens is 248 g/mol. The van der Waals surface area contributed by atoms with Crippen LogP contribution in [0.3, 0.4) is 0 Å². The lowest BCUT2D eigenvalue weighted by Gasteiger charge is -2.02. The Morgan fingerprint density at radius 3 is 2.21 bits per heavy atom. The lowest BCUT2D eigenvalue weighted by atomic mass is 10.3. The second-order valence-corrected chi connectivity index (χ2v) is 3.60. The molecule has 0 radical (unpaired) electrons. The summed E-state index contributed by atoms with van der Waals surface area (Å²) in [6.07, 6.45) is 2.81. The average Bonchev–Trinajstić information content (AvgIpc) is 2.43. The first-order valence-electron chi connectivity index (χ1n) is 5.86. The van der Waals surface area contributed by atoms with Gasteiger partial charge in [-0.25, -0.2) is 9.59 Å². The molecule has 0 unspecified atom stereocenters. The minimum Gasteiger partial charge on any atom is -0.497 e. The molecule has 0 saturated carbocycles. The van der Waals surface area contributed by atoms with E-state index in [0.717, 1.165) is 18.6 Å². The Morgan fingerprint density at radius 2 is 1.63 bits per heavy atom. The van der Waals surface area contributed by atoms with Gasteiger partial charge in [0.15, 0.2) is 0 Å². The summed E-state index contributed by atoms with van der Waals surface area (Å²) in [4.78, 5) is 22.5. The molecule has 5 nitrogen and oxygen atoms in total. The molecule has 0 aliphatic heterocycles. The molecular formula is C14H16O5. The van der Waals surface area contributed by atoms with Crippen LogP contribution in [0.5, 0.6) is 11.5 Å². The highest BCUT2D eigenvalue weighted by atomic mass is 16.5. The molecule has 1 rings (SSSR count). The van der Waals surface area contributed by atoms with Crippen molar-refractivity contribution in [1.82, 2.24) is 0 Å². The Labute approximate surface area is 111 Å². The van der Waals surface area contributed by atoms with Crippen LogP contribution in [-0.2, 0) is 14.3 Å². The van der Waals surface area contributed by atoms with E-state index in [-0.39, 0.29) is 0 Å². The zero-order chi connectivity index (χ0) is 14.1. The number of hydrogen-bond donors (Lipinski definition) is 0. The molecule has 0 spiro atoms. The SMILES string of the molecule is CCCOC(=O)/C=C/C(=O)Oc1ccc(OC)cc1. The number of ether oxygens (including phenoxy) is 3. The topological polar surface area (TPSA) is 61.8 Å². The Bertz CT molecular complexity index is 447. The van der Waals surface area contributed by atoms with Gasteiger partial charge in [0.1, 0.15) is 11.5 Å². The van der Waals surface area contributed by atoms with Gasteiger partial charge < -0.3 is 14.2 Å². The van der Waals surface area contributed by atoms with Crippen LogP contribution in [0.2, 0.25) is 0 Å². The van der Waals surface area contributed by atoms with Gasteiger partial charge in [-0.2, -0.15) is 0 Å². The molecule has 0 atom stereocenters. The van der Waals surface area contributed by atoms with Crippen LogP contribution < -0.4 is 9.47 Å². The third-order valence-corrected chi connectivity index (χ3v) is 2.08.